The Morgan fingerprint density at radius 1 is 0.931 bits per heavy atom. The van der Waals surface area contributed by atoms with Gasteiger partial charge in [0.05, 0.1) is 10.9 Å². The Kier molecular flexibility index (Phi) is 6.92. The maximum absolute atomic E-state index is 12.3. The summed E-state index contributed by atoms with van der Waals surface area (Å²) in [7, 11) is 0. The van der Waals surface area contributed by atoms with Crippen molar-refractivity contribution in [3.63, 3.8) is 0 Å². The molecule has 0 saturated carbocycles. The van der Waals surface area contributed by atoms with Gasteiger partial charge in [-0.2, -0.15) is 0 Å². The first-order chi connectivity index (χ1) is 14.0. The van der Waals surface area contributed by atoms with Crippen LogP contribution in [0.25, 0.3) is 0 Å². The normalized spacial score (nSPS) is 11.5. The Bertz CT molecular complexity index is 984. The van der Waals surface area contributed by atoms with Crippen molar-refractivity contribution in [3.05, 3.63) is 88.1 Å². The molecule has 0 bridgehead atoms. The highest BCUT2D eigenvalue weighted by Crippen LogP contribution is 2.19. The summed E-state index contributed by atoms with van der Waals surface area (Å²) in [6, 6.07) is 19.7. The zero-order valence-electron chi connectivity index (χ0n) is 16.1. The van der Waals surface area contributed by atoms with E-state index in [1.54, 1.807) is 24.3 Å². The highest BCUT2D eigenvalue weighted by molar-refractivity contribution is 7.12. The predicted octanol–water partition coefficient (Wildman–Crippen LogP) is 4.84. The number of ketones is 1. The number of carbonyl (C=O) groups excluding carboxylic acids is 3. The molecular weight excluding hydrogens is 384 g/mol. The van der Waals surface area contributed by atoms with E-state index in [1.807, 2.05) is 54.8 Å². The van der Waals surface area contributed by atoms with Crippen molar-refractivity contribution in [1.29, 1.82) is 0 Å². The first kappa shape index (κ1) is 20.5. The van der Waals surface area contributed by atoms with Crippen molar-refractivity contribution in [1.82, 2.24) is 5.32 Å². The van der Waals surface area contributed by atoms with E-state index in [-0.39, 0.29) is 36.5 Å². The van der Waals surface area contributed by atoms with Gasteiger partial charge in [0.2, 0.25) is 5.91 Å². The third-order valence-corrected chi connectivity index (χ3v) is 5.34. The van der Waals surface area contributed by atoms with E-state index in [0.717, 1.165) is 5.56 Å². The van der Waals surface area contributed by atoms with Gasteiger partial charge in [-0.1, -0.05) is 36.4 Å². The van der Waals surface area contributed by atoms with E-state index in [2.05, 4.69) is 10.6 Å². The molecule has 2 aromatic carbocycles. The lowest BCUT2D eigenvalue weighted by Crippen LogP contribution is -2.27. The van der Waals surface area contributed by atoms with Crippen LogP contribution < -0.4 is 10.6 Å². The summed E-state index contributed by atoms with van der Waals surface area (Å²) in [5.41, 5.74) is 2.11. The maximum Gasteiger partial charge on any atom is 0.255 e. The van der Waals surface area contributed by atoms with Crippen molar-refractivity contribution in [3.8, 4) is 0 Å². The van der Waals surface area contributed by atoms with Gasteiger partial charge in [0.1, 0.15) is 0 Å². The molecule has 2 N–H and O–H groups in total. The van der Waals surface area contributed by atoms with Crippen LogP contribution >= 0.6 is 11.3 Å². The molecule has 3 aromatic rings. The number of hydrogen-bond acceptors (Lipinski definition) is 4. The van der Waals surface area contributed by atoms with Gasteiger partial charge in [-0.3, -0.25) is 14.4 Å². The van der Waals surface area contributed by atoms with Crippen LogP contribution in [0.15, 0.2) is 72.1 Å². The molecule has 0 spiro atoms. The Hall–Kier alpha value is -3.25. The van der Waals surface area contributed by atoms with E-state index in [4.69, 9.17) is 0 Å². The monoisotopic (exact) mass is 406 g/mol. The van der Waals surface area contributed by atoms with E-state index >= 15 is 0 Å². The third kappa shape index (κ3) is 5.86. The second-order valence-electron chi connectivity index (χ2n) is 6.64. The third-order valence-electron chi connectivity index (χ3n) is 4.43. The zero-order chi connectivity index (χ0) is 20.6. The average molecular weight is 407 g/mol. The molecule has 0 aliphatic rings. The van der Waals surface area contributed by atoms with Gasteiger partial charge in [-0.05, 0) is 48.2 Å². The van der Waals surface area contributed by atoms with E-state index < -0.39 is 0 Å². The standard InChI is InChI=1S/C23H22N2O3S/c1-16(24-22(27)13-12-20(26)21-11-6-14-29-21)18-9-5-10-19(15-18)25-23(28)17-7-3-2-4-8-17/h2-11,14-16H,12-13H2,1H3,(H,24,27)(H,25,28). The Balaban J connectivity index is 1.54. The zero-order valence-corrected chi connectivity index (χ0v) is 16.9. The molecule has 0 fully saturated rings. The summed E-state index contributed by atoms with van der Waals surface area (Å²) in [6.45, 7) is 1.87. The second kappa shape index (κ2) is 9.80. The fraction of sp³-hybridized carbons (Fsp3) is 0.174. The number of nitrogens with one attached hydrogen (secondary N) is 2. The Labute approximate surface area is 173 Å². The number of carbonyl (C=O) groups is 3. The predicted molar refractivity (Wildman–Crippen MR) is 115 cm³/mol. The lowest BCUT2D eigenvalue weighted by molar-refractivity contribution is -0.121. The molecule has 148 valence electrons. The molecule has 3 rings (SSSR count). The number of thiophene rings is 1. The minimum atomic E-state index is -0.243. The van der Waals surface area contributed by atoms with Gasteiger partial charge in [-0.15, -0.1) is 11.3 Å². The van der Waals surface area contributed by atoms with Crippen molar-refractivity contribution in [2.24, 2.45) is 0 Å². The Morgan fingerprint density at radius 2 is 1.72 bits per heavy atom. The van der Waals surface area contributed by atoms with Crippen LogP contribution in [0.5, 0.6) is 0 Å². The number of rotatable bonds is 8. The molecule has 29 heavy (non-hydrogen) atoms. The first-order valence-corrected chi connectivity index (χ1v) is 10.2. The molecule has 1 aromatic heterocycles. The first-order valence-electron chi connectivity index (χ1n) is 9.35. The Morgan fingerprint density at radius 3 is 2.45 bits per heavy atom. The molecule has 1 unspecified atom stereocenters. The topological polar surface area (TPSA) is 75.3 Å². The van der Waals surface area contributed by atoms with Crippen molar-refractivity contribution >= 4 is 34.6 Å². The van der Waals surface area contributed by atoms with Crippen LogP contribution in [-0.2, 0) is 4.79 Å². The van der Waals surface area contributed by atoms with Crippen molar-refractivity contribution in [2.75, 3.05) is 5.32 Å². The van der Waals surface area contributed by atoms with Gasteiger partial charge in [-0.25, -0.2) is 0 Å². The van der Waals surface area contributed by atoms with Crippen LogP contribution in [-0.4, -0.2) is 17.6 Å². The lowest BCUT2D eigenvalue weighted by Gasteiger charge is -2.15. The SMILES string of the molecule is CC(NC(=O)CCC(=O)c1cccs1)c1cccc(NC(=O)c2ccccc2)c1. The largest absolute Gasteiger partial charge is 0.350 e. The van der Waals surface area contributed by atoms with Crippen molar-refractivity contribution in [2.45, 2.75) is 25.8 Å². The van der Waals surface area contributed by atoms with Gasteiger partial charge in [0, 0.05) is 24.1 Å². The molecule has 1 heterocycles. The van der Waals surface area contributed by atoms with Crippen LogP contribution in [0.1, 0.15) is 51.4 Å². The summed E-state index contributed by atoms with van der Waals surface area (Å²) in [5, 5.41) is 7.62. The fourth-order valence-electron chi connectivity index (χ4n) is 2.86. The number of hydrogen-bond donors (Lipinski definition) is 2. The highest BCUT2D eigenvalue weighted by Gasteiger charge is 2.14. The maximum atomic E-state index is 12.3. The molecule has 1 atom stereocenters. The van der Waals surface area contributed by atoms with Crippen LogP contribution in [0.4, 0.5) is 5.69 Å². The number of Topliss-reactive ketones (excluding diaryl/α,β-unsaturated/α-hetero) is 1. The number of anilines is 1. The van der Waals surface area contributed by atoms with Gasteiger partial charge < -0.3 is 10.6 Å². The van der Waals surface area contributed by atoms with Gasteiger partial charge in [0.15, 0.2) is 5.78 Å². The lowest BCUT2D eigenvalue weighted by atomic mass is 10.1. The smallest absolute Gasteiger partial charge is 0.255 e. The van der Waals surface area contributed by atoms with Gasteiger partial charge >= 0.3 is 0 Å². The number of benzene rings is 2. The van der Waals surface area contributed by atoms with Crippen LogP contribution in [0, 0.1) is 0 Å². The summed E-state index contributed by atoms with van der Waals surface area (Å²) in [6.07, 6.45) is 0.331. The van der Waals surface area contributed by atoms with Crippen LogP contribution in [0.2, 0.25) is 0 Å². The molecule has 0 aliphatic carbocycles. The molecule has 0 radical (unpaired) electrons. The average Bonchev–Trinajstić information content (AvgIpc) is 3.28. The molecule has 6 heteroatoms. The van der Waals surface area contributed by atoms with E-state index in [9.17, 15) is 14.4 Å². The minimum absolute atomic E-state index is 0.0200. The molecular formula is C23H22N2O3S. The minimum Gasteiger partial charge on any atom is -0.350 e. The summed E-state index contributed by atoms with van der Waals surface area (Å²) >= 11 is 1.38. The van der Waals surface area contributed by atoms with Crippen LogP contribution in [0.3, 0.4) is 0 Å². The molecule has 0 aliphatic heterocycles. The summed E-state index contributed by atoms with van der Waals surface area (Å²) in [4.78, 5) is 37.2. The molecule has 5 nitrogen and oxygen atoms in total. The summed E-state index contributed by atoms with van der Waals surface area (Å²) < 4.78 is 0. The summed E-state index contributed by atoms with van der Waals surface area (Å²) in [5.74, 6) is -0.388. The fourth-order valence-corrected chi connectivity index (χ4v) is 3.56. The van der Waals surface area contributed by atoms with E-state index in [1.165, 1.54) is 11.3 Å². The quantitative estimate of drug-likeness (QED) is 0.526. The van der Waals surface area contributed by atoms with Gasteiger partial charge in [0.25, 0.3) is 5.91 Å². The van der Waals surface area contributed by atoms with E-state index in [0.29, 0.717) is 16.1 Å². The second-order valence-corrected chi connectivity index (χ2v) is 7.58. The van der Waals surface area contributed by atoms with Crippen molar-refractivity contribution < 1.29 is 14.4 Å². The molecule has 2 amide bonds. The number of amides is 2. The molecule has 0 saturated heterocycles. The highest BCUT2D eigenvalue weighted by atomic mass is 32.1.